The lowest BCUT2D eigenvalue weighted by atomic mass is 10.1. The molecule has 1 aliphatic heterocycles. The van der Waals surface area contributed by atoms with Crippen molar-refractivity contribution in [2.75, 3.05) is 11.5 Å². The average molecular weight is 497 g/mol. The molecule has 34 heavy (non-hydrogen) atoms. The Morgan fingerprint density at radius 3 is 2.44 bits per heavy atom. The quantitative estimate of drug-likeness (QED) is 0.539. The maximum atomic E-state index is 12.9. The van der Waals surface area contributed by atoms with Crippen LogP contribution in [0.25, 0.3) is 22.6 Å². The van der Waals surface area contributed by atoms with Crippen LogP contribution in [0.15, 0.2) is 42.7 Å². The predicted octanol–water partition coefficient (Wildman–Crippen LogP) is 1.33. The molecule has 1 saturated heterocycles. The Hall–Kier alpha value is -3.52. The molecule has 2 atom stereocenters. The van der Waals surface area contributed by atoms with Gasteiger partial charge in [-0.1, -0.05) is 0 Å². The summed E-state index contributed by atoms with van der Waals surface area (Å²) in [5.74, 6) is -1.92. The molecule has 0 spiro atoms. The Morgan fingerprint density at radius 1 is 1.18 bits per heavy atom. The van der Waals surface area contributed by atoms with E-state index in [-0.39, 0.29) is 17.2 Å². The van der Waals surface area contributed by atoms with Crippen LogP contribution in [0.1, 0.15) is 10.5 Å². The van der Waals surface area contributed by atoms with Crippen LogP contribution in [0, 0.1) is 0 Å². The van der Waals surface area contributed by atoms with E-state index >= 15 is 0 Å². The maximum absolute atomic E-state index is 12.9. The van der Waals surface area contributed by atoms with E-state index in [1.807, 2.05) is 0 Å². The molecule has 1 aromatic carbocycles. The standard InChI is InChI=1S/C20H18F3N5O5S/c1-28-8-12(7-24-28)18-25-14(11-2-4-13(5-3-11)33-20(21,22)23)6-15(26-18)19(30)27-16-9-34(31,32)10-17(16)29/h2-8,16-17,29H,9-10H2,1H3,(H,27,30)/t16-,17+/m0/s1. The van der Waals surface area contributed by atoms with Crippen molar-refractivity contribution in [2.45, 2.75) is 18.5 Å². The monoisotopic (exact) mass is 497 g/mol. The Kier molecular flexibility index (Phi) is 6.03. The van der Waals surface area contributed by atoms with Gasteiger partial charge in [0.2, 0.25) is 0 Å². The second-order valence-electron chi connectivity index (χ2n) is 7.66. The third-order valence-corrected chi connectivity index (χ3v) is 6.66. The third-order valence-electron chi connectivity index (χ3n) is 4.94. The number of carbonyl (C=O) groups is 1. The Balaban J connectivity index is 1.68. The minimum absolute atomic E-state index is 0.117. The molecule has 10 nitrogen and oxygen atoms in total. The van der Waals surface area contributed by atoms with Gasteiger partial charge in [-0.05, 0) is 30.3 Å². The molecule has 3 aromatic rings. The maximum Gasteiger partial charge on any atom is 0.573 e. The molecule has 1 aliphatic rings. The van der Waals surface area contributed by atoms with Crippen molar-refractivity contribution in [1.29, 1.82) is 0 Å². The second kappa shape index (κ2) is 8.68. The molecule has 2 aromatic heterocycles. The zero-order valence-corrected chi connectivity index (χ0v) is 18.3. The Bertz CT molecular complexity index is 1330. The number of aliphatic hydroxyl groups is 1. The van der Waals surface area contributed by atoms with Gasteiger partial charge in [0, 0.05) is 18.8 Å². The van der Waals surface area contributed by atoms with Crippen LogP contribution in [0.2, 0.25) is 0 Å². The first-order valence-electron chi connectivity index (χ1n) is 9.82. The van der Waals surface area contributed by atoms with Crippen LogP contribution in [-0.4, -0.2) is 69.2 Å². The highest BCUT2D eigenvalue weighted by Gasteiger charge is 2.37. The zero-order chi connectivity index (χ0) is 24.7. The molecule has 180 valence electrons. The van der Waals surface area contributed by atoms with Gasteiger partial charge in [0.25, 0.3) is 5.91 Å². The number of hydrogen-bond donors (Lipinski definition) is 2. The molecule has 0 unspecified atom stereocenters. The van der Waals surface area contributed by atoms with E-state index in [1.165, 1.54) is 29.1 Å². The van der Waals surface area contributed by atoms with Crippen LogP contribution < -0.4 is 10.1 Å². The van der Waals surface area contributed by atoms with Gasteiger partial charge in [-0.15, -0.1) is 13.2 Å². The van der Waals surface area contributed by atoms with E-state index in [0.29, 0.717) is 11.1 Å². The van der Waals surface area contributed by atoms with Crippen molar-refractivity contribution in [3.63, 3.8) is 0 Å². The largest absolute Gasteiger partial charge is 0.573 e. The summed E-state index contributed by atoms with van der Waals surface area (Å²) in [5.41, 5.74) is 0.937. The summed E-state index contributed by atoms with van der Waals surface area (Å²) in [6.07, 6.45) is -3.02. The fourth-order valence-corrected chi connectivity index (χ4v) is 5.16. The highest BCUT2D eigenvalue weighted by molar-refractivity contribution is 7.91. The first-order chi connectivity index (χ1) is 15.9. The number of aliphatic hydroxyl groups excluding tert-OH is 1. The molecular weight excluding hydrogens is 479 g/mol. The molecule has 14 heteroatoms. The molecule has 4 rings (SSSR count). The molecule has 2 N–H and O–H groups in total. The minimum atomic E-state index is -4.84. The first-order valence-corrected chi connectivity index (χ1v) is 11.6. The second-order valence-corrected chi connectivity index (χ2v) is 9.81. The number of rotatable bonds is 5. The van der Waals surface area contributed by atoms with E-state index in [9.17, 15) is 31.5 Å². The van der Waals surface area contributed by atoms with Gasteiger partial charge < -0.3 is 15.2 Å². The Labute approximate surface area is 191 Å². The summed E-state index contributed by atoms with van der Waals surface area (Å²) in [4.78, 5) is 21.5. The molecule has 3 heterocycles. The van der Waals surface area contributed by atoms with Crippen molar-refractivity contribution < 1.29 is 36.2 Å². The van der Waals surface area contributed by atoms with Crippen molar-refractivity contribution >= 4 is 15.7 Å². The van der Waals surface area contributed by atoms with Crippen molar-refractivity contribution in [3.05, 3.63) is 48.4 Å². The van der Waals surface area contributed by atoms with Crippen LogP contribution in [0.5, 0.6) is 5.75 Å². The number of sulfone groups is 1. The van der Waals surface area contributed by atoms with Gasteiger partial charge in [-0.2, -0.15) is 5.10 Å². The number of ether oxygens (including phenoxy) is 1. The fourth-order valence-electron chi connectivity index (χ4n) is 3.41. The number of alkyl halides is 3. The van der Waals surface area contributed by atoms with Gasteiger partial charge in [0.1, 0.15) is 11.4 Å². The van der Waals surface area contributed by atoms with E-state index in [1.54, 1.807) is 13.2 Å². The summed E-state index contributed by atoms with van der Waals surface area (Å²) in [7, 11) is -1.82. The zero-order valence-electron chi connectivity index (χ0n) is 17.5. The predicted molar refractivity (Wildman–Crippen MR) is 112 cm³/mol. The number of halogens is 3. The van der Waals surface area contributed by atoms with Crippen LogP contribution in [0.3, 0.4) is 0 Å². The molecule has 0 saturated carbocycles. The highest BCUT2D eigenvalue weighted by atomic mass is 32.2. The minimum Gasteiger partial charge on any atom is -0.406 e. The van der Waals surface area contributed by atoms with Gasteiger partial charge in [0.05, 0.1) is 41.1 Å². The summed E-state index contributed by atoms with van der Waals surface area (Å²) in [6, 6.07) is 5.20. The van der Waals surface area contributed by atoms with Crippen LogP contribution in [-0.2, 0) is 16.9 Å². The number of aryl methyl sites for hydroxylation is 1. The summed E-state index contributed by atoms with van der Waals surface area (Å²) in [6.45, 7) is 0. The van der Waals surface area contributed by atoms with Gasteiger partial charge >= 0.3 is 6.36 Å². The van der Waals surface area contributed by atoms with E-state index in [0.717, 1.165) is 12.1 Å². The molecule has 1 amide bonds. The van der Waals surface area contributed by atoms with E-state index in [2.05, 4.69) is 25.1 Å². The highest BCUT2D eigenvalue weighted by Crippen LogP contribution is 2.27. The van der Waals surface area contributed by atoms with Crippen molar-refractivity contribution in [1.82, 2.24) is 25.1 Å². The smallest absolute Gasteiger partial charge is 0.406 e. The topological polar surface area (TPSA) is 136 Å². The molecular formula is C20H18F3N5O5S. The van der Waals surface area contributed by atoms with Crippen LogP contribution >= 0.6 is 0 Å². The summed E-state index contributed by atoms with van der Waals surface area (Å²) < 4.78 is 66.2. The molecule has 0 aliphatic carbocycles. The average Bonchev–Trinajstić information content (AvgIpc) is 3.28. The first kappa shape index (κ1) is 23.6. The van der Waals surface area contributed by atoms with Crippen molar-refractivity contribution in [3.8, 4) is 28.4 Å². The van der Waals surface area contributed by atoms with Gasteiger partial charge in [-0.3, -0.25) is 9.48 Å². The number of nitrogens with one attached hydrogen (secondary N) is 1. The lowest BCUT2D eigenvalue weighted by Gasteiger charge is -2.15. The lowest BCUT2D eigenvalue weighted by Crippen LogP contribution is -2.42. The fraction of sp³-hybridized carbons (Fsp3) is 0.300. The van der Waals surface area contributed by atoms with Gasteiger partial charge in [0.15, 0.2) is 15.7 Å². The number of carbonyl (C=O) groups excluding carboxylic acids is 1. The third kappa shape index (κ3) is 5.51. The van der Waals surface area contributed by atoms with Gasteiger partial charge in [-0.25, -0.2) is 18.4 Å². The van der Waals surface area contributed by atoms with E-state index < -0.39 is 51.5 Å². The number of amides is 1. The number of nitrogens with zero attached hydrogens (tertiary/aromatic N) is 4. The Morgan fingerprint density at radius 2 is 1.88 bits per heavy atom. The normalized spacial score (nSPS) is 19.7. The lowest BCUT2D eigenvalue weighted by molar-refractivity contribution is -0.274. The molecule has 0 bridgehead atoms. The SMILES string of the molecule is Cn1cc(-c2nc(C(=O)N[C@H]3CS(=O)(=O)C[C@H]3O)cc(-c3ccc(OC(F)(F)F)cc3)n2)cn1. The van der Waals surface area contributed by atoms with E-state index in [4.69, 9.17) is 0 Å². The number of hydrogen-bond acceptors (Lipinski definition) is 8. The number of aromatic nitrogens is 4. The molecule has 1 fully saturated rings. The van der Waals surface area contributed by atoms with Crippen molar-refractivity contribution in [2.24, 2.45) is 7.05 Å². The summed E-state index contributed by atoms with van der Waals surface area (Å²) in [5, 5.41) is 16.5. The number of benzene rings is 1. The van der Waals surface area contributed by atoms with Crippen LogP contribution in [0.4, 0.5) is 13.2 Å². The summed E-state index contributed by atoms with van der Waals surface area (Å²) >= 11 is 0. The molecule has 0 radical (unpaired) electrons.